The number of carboxylic acids is 2. The number of nitrogens with zero attached hydrogens (tertiary/aromatic N) is 2. The molecule has 0 saturated heterocycles. The number of hydrogen-bond donors (Lipinski definition) is 3. The van der Waals surface area contributed by atoms with Gasteiger partial charge in [-0.2, -0.15) is 0 Å². The molecule has 1 heterocycles. The van der Waals surface area contributed by atoms with E-state index in [1.165, 1.54) is 11.9 Å². The average molecular weight is 295 g/mol. The summed E-state index contributed by atoms with van der Waals surface area (Å²) in [5.41, 5.74) is 1.45. The lowest BCUT2D eigenvalue weighted by molar-refractivity contribution is -0.145. The summed E-state index contributed by atoms with van der Waals surface area (Å²) < 4.78 is 0. The van der Waals surface area contributed by atoms with Gasteiger partial charge >= 0.3 is 18.0 Å². The largest absolute Gasteiger partial charge is 0.481 e. The van der Waals surface area contributed by atoms with Crippen molar-refractivity contribution in [3.63, 3.8) is 0 Å². The Kier molecular flexibility index (Phi) is 5.65. The Bertz CT molecular complexity index is 546. The standard InChI is InChI=1S/C13H17N3O5/c1-8-4-3-5-9(14-8)7-16(2)13(21)15-10(12(19)20)6-11(17)18/h3-5,10H,6-7H2,1-2H3,(H,15,21)(H,17,18)(H,19,20)/t10-/m1/s1. The topological polar surface area (TPSA) is 120 Å². The molecule has 1 aromatic rings. The molecule has 8 heteroatoms. The molecule has 0 saturated carbocycles. The van der Waals surface area contributed by atoms with E-state index < -0.39 is 30.4 Å². The fourth-order valence-electron chi connectivity index (χ4n) is 1.64. The minimum Gasteiger partial charge on any atom is -0.481 e. The van der Waals surface area contributed by atoms with Gasteiger partial charge in [-0.05, 0) is 19.1 Å². The van der Waals surface area contributed by atoms with Crippen LogP contribution >= 0.6 is 0 Å². The van der Waals surface area contributed by atoms with Gasteiger partial charge in [0.25, 0.3) is 0 Å². The van der Waals surface area contributed by atoms with Crippen LogP contribution in [-0.2, 0) is 16.1 Å². The number of carbonyl (C=O) groups excluding carboxylic acids is 1. The lowest BCUT2D eigenvalue weighted by atomic mass is 10.2. The van der Waals surface area contributed by atoms with Crippen LogP contribution in [0.4, 0.5) is 4.79 Å². The second kappa shape index (κ2) is 7.22. The zero-order valence-corrected chi connectivity index (χ0v) is 11.7. The number of rotatable bonds is 6. The summed E-state index contributed by atoms with van der Waals surface area (Å²) >= 11 is 0. The molecule has 1 aromatic heterocycles. The maximum Gasteiger partial charge on any atom is 0.326 e. The first kappa shape index (κ1) is 16.4. The van der Waals surface area contributed by atoms with Crippen LogP contribution in [0.5, 0.6) is 0 Å². The van der Waals surface area contributed by atoms with E-state index in [1.54, 1.807) is 12.1 Å². The van der Waals surface area contributed by atoms with Gasteiger partial charge in [-0.1, -0.05) is 6.07 Å². The highest BCUT2D eigenvalue weighted by atomic mass is 16.4. The number of carbonyl (C=O) groups is 3. The van der Waals surface area contributed by atoms with Gasteiger partial charge in [-0.3, -0.25) is 9.78 Å². The summed E-state index contributed by atoms with van der Waals surface area (Å²) in [5, 5.41) is 19.6. The molecular formula is C13H17N3O5. The third-order valence-electron chi connectivity index (χ3n) is 2.67. The van der Waals surface area contributed by atoms with Crippen molar-refractivity contribution in [1.82, 2.24) is 15.2 Å². The number of aromatic nitrogens is 1. The van der Waals surface area contributed by atoms with Crippen LogP contribution in [0.1, 0.15) is 17.8 Å². The molecule has 1 atom stereocenters. The summed E-state index contributed by atoms with van der Waals surface area (Å²) in [5.74, 6) is -2.70. The van der Waals surface area contributed by atoms with Gasteiger partial charge in [0, 0.05) is 12.7 Å². The summed E-state index contributed by atoms with van der Waals surface area (Å²) in [7, 11) is 1.47. The Hall–Kier alpha value is -2.64. The molecule has 8 nitrogen and oxygen atoms in total. The molecule has 0 aromatic carbocycles. The molecule has 114 valence electrons. The van der Waals surface area contributed by atoms with Crippen molar-refractivity contribution in [2.24, 2.45) is 0 Å². The molecular weight excluding hydrogens is 278 g/mol. The molecule has 21 heavy (non-hydrogen) atoms. The van der Waals surface area contributed by atoms with Gasteiger partial charge in [0.2, 0.25) is 0 Å². The maximum atomic E-state index is 11.9. The Morgan fingerprint density at radius 1 is 1.33 bits per heavy atom. The number of aliphatic carboxylic acids is 2. The predicted octanol–water partition coefficient (Wildman–Crippen LogP) is 0.459. The number of urea groups is 1. The Balaban J connectivity index is 2.64. The Morgan fingerprint density at radius 3 is 2.52 bits per heavy atom. The second-order valence-corrected chi connectivity index (χ2v) is 4.56. The first-order valence-corrected chi connectivity index (χ1v) is 6.18. The highest BCUT2D eigenvalue weighted by Gasteiger charge is 2.24. The highest BCUT2D eigenvalue weighted by Crippen LogP contribution is 2.03. The SMILES string of the molecule is Cc1cccc(CN(C)C(=O)N[C@H](CC(=O)O)C(=O)O)n1. The lowest BCUT2D eigenvalue weighted by Gasteiger charge is -2.20. The molecule has 0 radical (unpaired) electrons. The van der Waals surface area contributed by atoms with Crippen LogP contribution in [-0.4, -0.2) is 51.2 Å². The van der Waals surface area contributed by atoms with Crippen LogP contribution in [0.15, 0.2) is 18.2 Å². The van der Waals surface area contributed by atoms with E-state index in [9.17, 15) is 14.4 Å². The van der Waals surface area contributed by atoms with Crippen molar-refractivity contribution in [1.29, 1.82) is 0 Å². The summed E-state index contributed by atoms with van der Waals surface area (Å²) in [6.45, 7) is 2.00. The number of pyridine rings is 1. The number of hydrogen-bond acceptors (Lipinski definition) is 4. The first-order valence-electron chi connectivity index (χ1n) is 6.18. The van der Waals surface area contributed by atoms with Crippen molar-refractivity contribution in [2.45, 2.75) is 25.9 Å². The van der Waals surface area contributed by atoms with Crippen molar-refractivity contribution in [3.8, 4) is 0 Å². The van der Waals surface area contributed by atoms with E-state index in [2.05, 4.69) is 10.3 Å². The number of aryl methyl sites for hydroxylation is 1. The van der Waals surface area contributed by atoms with Gasteiger partial charge in [0.05, 0.1) is 18.7 Å². The third kappa shape index (κ3) is 5.47. The molecule has 0 spiro atoms. The van der Waals surface area contributed by atoms with E-state index in [4.69, 9.17) is 10.2 Å². The molecule has 1 rings (SSSR count). The molecule has 0 fully saturated rings. The molecule has 0 unspecified atom stereocenters. The molecule has 2 amide bonds. The van der Waals surface area contributed by atoms with E-state index in [-0.39, 0.29) is 6.54 Å². The zero-order valence-electron chi connectivity index (χ0n) is 11.7. The summed E-state index contributed by atoms with van der Waals surface area (Å²) in [4.78, 5) is 38.8. The first-order chi connectivity index (χ1) is 9.79. The third-order valence-corrected chi connectivity index (χ3v) is 2.67. The lowest BCUT2D eigenvalue weighted by Crippen LogP contribution is -2.47. The minimum atomic E-state index is -1.47. The van der Waals surface area contributed by atoms with Crippen LogP contribution in [0.25, 0.3) is 0 Å². The van der Waals surface area contributed by atoms with Gasteiger partial charge in [-0.25, -0.2) is 9.59 Å². The van der Waals surface area contributed by atoms with Gasteiger partial charge < -0.3 is 20.4 Å². The summed E-state index contributed by atoms with van der Waals surface area (Å²) in [6, 6.07) is 3.21. The van der Waals surface area contributed by atoms with Crippen LogP contribution < -0.4 is 5.32 Å². The van der Waals surface area contributed by atoms with Gasteiger partial charge in [0.15, 0.2) is 0 Å². The van der Waals surface area contributed by atoms with E-state index in [0.29, 0.717) is 5.69 Å². The van der Waals surface area contributed by atoms with E-state index in [0.717, 1.165) is 5.69 Å². The van der Waals surface area contributed by atoms with Crippen molar-refractivity contribution < 1.29 is 24.6 Å². The monoisotopic (exact) mass is 295 g/mol. The van der Waals surface area contributed by atoms with Gasteiger partial charge in [0.1, 0.15) is 6.04 Å². The number of nitrogens with one attached hydrogen (secondary N) is 1. The zero-order chi connectivity index (χ0) is 16.0. The number of amides is 2. The molecule has 0 aliphatic rings. The normalized spacial score (nSPS) is 11.5. The maximum absolute atomic E-state index is 11.9. The fourth-order valence-corrected chi connectivity index (χ4v) is 1.64. The summed E-state index contributed by atoms with van der Waals surface area (Å²) in [6.07, 6.45) is -0.683. The smallest absolute Gasteiger partial charge is 0.326 e. The molecule has 0 bridgehead atoms. The van der Waals surface area contributed by atoms with Crippen molar-refractivity contribution in [3.05, 3.63) is 29.6 Å². The Morgan fingerprint density at radius 2 is 2.00 bits per heavy atom. The van der Waals surface area contributed by atoms with Crippen molar-refractivity contribution >= 4 is 18.0 Å². The highest BCUT2D eigenvalue weighted by molar-refractivity contribution is 5.86. The Labute approximate surface area is 121 Å². The quantitative estimate of drug-likeness (QED) is 0.701. The van der Waals surface area contributed by atoms with Crippen LogP contribution in [0, 0.1) is 6.92 Å². The van der Waals surface area contributed by atoms with E-state index >= 15 is 0 Å². The molecule has 3 N–H and O–H groups in total. The predicted molar refractivity (Wildman–Crippen MR) is 72.6 cm³/mol. The second-order valence-electron chi connectivity index (χ2n) is 4.56. The average Bonchev–Trinajstić information content (AvgIpc) is 2.37. The van der Waals surface area contributed by atoms with Crippen LogP contribution in [0.3, 0.4) is 0 Å². The number of carboxylic acid groups (broad SMARTS) is 2. The fraction of sp³-hybridized carbons (Fsp3) is 0.385. The molecule has 0 aliphatic heterocycles. The molecule has 0 aliphatic carbocycles. The van der Waals surface area contributed by atoms with Gasteiger partial charge in [-0.15, -0.1) is 0 Å². The van der Waals surface area contributed by atoms with Crippen LogP contribution in [0.2, 0.25) is 0 Å². The van der Waals surface area contributed by atoms with Crippen molar-refractivity contribution in [2.75, 3.05) is 7.05 Å². The minimum absolute atomic E-state index is 0.187. The van der Waals surface area contributed by atoms with E-state index in [1.807, 2.05) is 13.0 Å².